The van der Waals surface area contributed by atoms with E-state index in [0.717, 1.165) is 37.2 Å². The second-order valence-electron chi connectivity index (χ2n) is 10.1. The van der Waals surface area contributed by atoms with Crippen LogP contribution in [0.2, 0.25) is 0 Å². The zero-order valence-electron chi connectivity index (χ0n) is 20.6. The summed E-state index contributed by atoms with van der Waals surface area (Å²) >= 11 is 0. The zero-order chi connectivity index (χ0) is 25.9. The van der Waals surface area contributed by atoms with E-state index in [-0.39, 0.29) is 28.9 Å². The first-order valence-electron chi connectivity index (χ1n) is 12.2. The van der Waals surface area contributed by atoms with E-state index in [1.54, 1.807) is 30.2 Å². The Morgan fingerprint density at radius 1 is 1.24 bits per heavy atom. The topological polar surface area (TPSA) is 132 Å². The molecule has 2 aliphatic heterocycles. The zero-order valence-corrected chi connectivity index (χ0v) is 20.6. The lowest BCUT2D eigenvalue weighted by Crippen LogP contribution is -2.65. The quantitative estimate of drug-likeness (QED) is 0.459. The minimum Gasteiger partial charge on any atom is -0.474 e. The van der Waals surface area contributed by atoms with Gasteiger partial charge < -0.3 is 25.4 Å². The number of nitrogens with one attached hydrogen (secondary N) is 2. The number of nitrogens with zero attached hydrogens (tertiary/aromatic N) is 3. The summed E-state index contributed by atoms with van der Waals surface area (Å²) < 4.78 is 26.5. The monoisotopic (exact) mass is 506 g/mol. The molecule has 1 spiro atoms. The Hall–Kier alpha value is -4.15. The van der Waals surface area contributed by atoms with Crippen molar-refractivity contribution < 1.29 is 23.5 Å². The van der Waals surface area contributed by atoms with Crippen molar-refractivity contribution in [1.82, 2.24) is 14.9 Å². The fraction of sp³-hybridized carbons (Fsp3) is 0.385. The number of amides is 2. The number of likely N-dealkylation sites (tertiary alicyclic amines) is 1. The number of hydrogen-bond acceptors (Lipinski definition) is 8. The van der Waals surface area contributed by atoms with Crippen LogP contribution < -0.4 is 21.1 Å². The number of fused-ring (bicyclic) bond motifs is 2. The van der Waals surface area contributed by atoms with Crippen LogP contribution in [0.15, 0.2) is 24.5 Å². The number of anilines is 3. The van der Waals surface area contributed by atoms with Crippen molar-refractivity contribution in [2.24, 2.45) is 5.41 Å². The normalized spacial score (nSPS) is 17.8. The summed E-state index contributed by atoms with van der Waals surface area (Å²) in [5.74, 6) is 0.267. The Bertz CT molecular complexity index is 1450. The summed E-state index contributed by atoms with van der Waals surface area (Å²) in [5, 5.41) is 6.97. The predicted molar refractivity (Wildman–Crippen MR) is 136 cm³/mol. The third kappa shape index (κ3) is 3.94. The van der Waals surface area contributed by atoms with Gasteiger partial charge in [0.25, 0.3) is 0 Å². The van der Waals surface area contributed by atoms with Crippen molar-refractivity contribution in [3.63, 3.8) is 0 Å². The van der Waals surface area contributed by atoms with Crippen LogP contribution in [-0.2, 0) is 9.53 Å². The van der Waals surface area contributed by atoms with Gasteiger partial charge in [-0.25, -0.2) is 19.2 Å². The number of pyridine rings is 2. The summed E-state index contributed by atoms with van der Waals surface area (Å²) in [7, 11) is 0. The van der Waals surface area contributed by atoms with Gasteiger partial charge in [0, 0.05) is 60.9 Å². The lowest BCUT2D eigenvalue weighted by atomic mass is 9.62. The number of carbonyl (C=O) groups is 2. The highest BCUT2D eigenvalue weighted by Gasteiger charge is 2.54. The molecule has 0 atom stereocenters. The van der Waals surface area contributed by atoms with Gasteiger partial charge in [0.1, 0.15) is 24.2 Å². The van der Waals surface area contributed by atoms with Gasteiger partial charge in [0.2, 0.25) is 11.8 Å². The molecule has 6 rings (SSSR count). The van der Waals surface area contributed by atoms with E-state index in [4.69, 9.17) is 15.2 Å². The summed E-state index contributed by atoms with van der Waals surface area (Å²) in [5.41, 5.74) is 8.62. The number of rotatable bonds is 3. The molecule has 1 saturated heterocycles. The molecule has 0 unspecified atom stereocenters. The van der Waals surface area contributed by atoms with Crippen LogP contribution in [0.1, 0.15) is 25.3 Å². The summed E-state index contributed by atoms with van der Waals surface area (Å²) in [4.78, 5) is 34.2. The summed E-state index contributed by atoms with van der Waals surface area (Å²) in [6.07, 6.45) is 3.69. The van der Waals surface area contributed by atoms with Gasteiger partial charge in [0.05, 0.1) is 5.69 Å². The molecule has 37 heavy (non-hydrogen) atoms. The number of halogens is 1. The van der Waals surface area contributed by atoms with Gasteiger partial charge in [-0.1, -0.05) is 0 Å². The Labute approximate surface area is 212 Å². The fourth-order valence-corrected chi connectivity index (χ4v) is 5.57. The van der Waals surface area contributed by atoms with E-state index in [9.17, 15) is 9.59 Å². The van der Waals surface area contributed by atoms with Crippen LogP contribution in [0.3, 0.4) is 0 Å². The number of ether oxygens (including phenoxy) is 2. The summed E-state index contributed by atoms with van der Waals surface area (Å²) in [6.45, 7) is 6.03. The van der Waals surface area contributed by atoms with Crippen LogP contribution in [-0.4, -0.2) is 59.2 Å². The number of hydrogen-bond donors (Lipinski definition) is 3. The lowest BCUT2D eigenvalue weighted by molar-refractivity contribution is -0.160. The molecule has 0 bridgehead atoms. The summed E-state index contributed by atoms with van der Waals surface area (Å²) in [6, 6.07) is 3.31. The predicted octanol–water partition coefficient (Wildman–Crippen LogP) is 3.69. The first-order chi connectivity index (χ1) is 17.7. The molecular weight excluding hydrogens is 479 g/mol. The van der Waals surface area contributed by atoms with E-state index < -0.39 is 11.9 Å². The van der Waals surface area contributed by atoms with Gasteiger partial charge >= 0.3 is 6.09 Å². The molecule has 10 nitrogen and oxygen atoms in total. The number of carbonyl (C=O) groups excluding carboxylic acids is 2. The van der Waals surface area contributed by atoms with Crippen molar-refractivity contribution in [3.05, 3.63) is 35.9 Å². The SMILES string of the molecule is CC(=O)N1CC2(CC(OC(=O)Nc3cc4cc(-c5cnc6c(c5C)NCCO6)c(F)c(N)c4cn3)C2)C1. The Kier molecular flexibility index (Phi) is 5.32. The van der Waals surface area contributed by atoms with Gasteiger partial charge in [0.15, 0.2) is 5.82 Å². The van der Waals surface area contributed by atoms with Crippen LogP contribution in [0.4, 0.5) is 26.4 Å². The maximum atomic E-state index is 15.4. The molecule has 3 aliphatic rings. The molecule has 4 N–H and O–H groups in total. The molecule has 192 valence electrons. The molecule has 3 aromatic rings. The minimum absolute atomic E-state index is 0.0321. The Balaban J connectivity index is 1.20. The molecule has 1 aromatic carbocycles. The largest absolute Gasteiger partial charge is 0.474 e. The van der Waals surface area contributed by atoms with Crippen LogP contribution in [0.25, 0.3) is 21.9 Å². The lowest BCUT2D eigenvalue weighted by Gasteiger charge is -2.58. The number of aromatic nitrogens is 2. The first-order valence-corrected chi connectivity index (χ1v) is 12.2. The highest BCUT2D eigenvalue weighted by atomic mass is 19.1. The van der Waals surface area contributed by atoms with Gasteiger partial charge in [-0.3, -0.25) is 10.1 Å². The van der Waals surface area contributed by atoms with Gasteiger partial charge in [-0.15, -0.1) is 0 Å². The van der Waals surface area contributed by atoms with Gasteiger partial charge in [-0.05, 0) is 42.8 Å². The molecular formula is C26H27FN6O4. The highest BCUT2D eigenvalue weighted by Crippen LogP contribution is 2.49. The highest BCUT2D eigenvalue weighted by molar-refractivity contribution is 5.99. The molecule has 4 heterocycles. The first kappa shape index (κ1) is 23.3. The van der Waals surface area contributed by atoms with E-state index in [0.29, 0.717) is 40.9 Å². The van der Waals surface area contributed by atoms with E-state index in [2.05, 4.69) is 20.6 Å². The number of benzene rings is 1. The maximum Gasteiger partial charge on any atom is 0.413 e. The second kappa shape index (κ2) is 8.46. The average Bonchev–Trinajstić information content (AvgIpc) is 2.82. The smallest absolute Gasteiger partial charge is 0.413 e. The van der Waals surface area contributed by atoms with Crippen LogP contribution >= 0.6 is 0 Å². The fourth-order valence-electron chi connectivity index (χ4n) is 5.57. The van der Waals surface area contributed by atoms with Crippen molar-refractivity contribution in [3.8, 4) is 17.0 Å². The third-order valence-corrected chi connectivity index (χ3v) is 7.56. The Morgan fingerprint density at radius 2 is 2.03 bits per heavy atom. The Morgan fingerprint density at radius 3 is 2.78 bits per heavy atom. The van der Waals surface area contributed by atoms with Crippen LogP contribution in [0, 0.1) is 18.2 Å². The molecule has 2 amide bonds. The maximum absolute atomic E-state index is 15.4. The number of nitrogen functional groups attached to an aromatic ring is 1. The molecule has 1 aliphatic carbocycles. The molecule has 11 heteroatoms. The van der Waals surface area contributed by atoms with Crippen molar-refractivity contribution >= 4 is 40.0 Å². The van der Waals surface area contributed by atoms with Crippen molar-refractivity contribution in [1.29, 1.82) is 0 Å². The van der Waals surface area contributed by atoms with Crippen LogP contribution in [0.5, 0.6) is 5.88 Å². The van der Waals surface area contributed by atoms with E-state index in [1.165, 1.54) is 6.20 Å². The molecule has 2 fully saturated rings. The second-order valence-corrected chi connectivity index (χ2v) is 10.1. The third-order valence-electron chi connectivity index (χ3n) is 7.56. The minimum atomic E-state index is -0.606. The molecule has 0 radical (unpaired) electrons. The van der Waals surface area contributed by atoms with Crippen molar-refractivity contribution in [2.75, 3.05) is 42.6 Å². The van der Waals surface area contributed by atoms with Crippen molar-refractivity contribution in [2.45, 2.75) is 32.8 Å². The molecule has 1 saturated carbocycles. The van der Waals surface area contributed by atoms with E-state index in [1.807, 2.05) is 6.92 Å². The molecule has 2 aromatic heterocycles. The van der Waals surface area contributed by atoms with E-state index >= 15 is 4.39 Å². The average molecular weight is 507 g/mol. The van der Waals surface area contributed by atoms with Gasteiger partial charge in [-0.2, -0.15) is 0 Å². The number of nitrogens with two attached hydrogens (primary N) is 1. The standard InChI is InChI=1S/C26H27FN6O4/c1-13-18(9-31-24-23(13)29-3-4-36-24)17-5-15-6-20(30-10-19(15)22(28)21(17)27)32-25(35)37-16-7-26(8-16)11-33(12-26)14(2)34/h5-6,9-10,16,29H,3-4,7-8,11-12,28H2,1-2H3,(H,30,32,35).